The monoisotopic (exact) mass is 201 g/mol. The van der Waals surface area contributed by atoms with E-state index in [4.69, 9.17) is 5.11 Å². The summed E-state index contributed by atoms with van der Waals surface area (Å²) in [5.41, 5.74) is -1.36. The number of methoxy groups -OCH3 is 1. The first-order valence-electron chi connectivity index (χ1n) is 4.08. The normalized spacial score (nSPS) is 26.4. The fraction of sp³-hybridized carbons (Fsp3) is 0.625. The van der Waals surface area contributed by atoms with Crippen LogP contribution in [0.15, 0.2) is 0 Å². The van der Waals surface area contributed by atoms with E-state index >= 15 is 0 Å². The van der Waals surface area contributed by atoms with Gasteiger partial charge in [-0.25, -0.2) is 14.5 Å². The number of hydrogen-bond acceptors (Lipinski definition) is 4. The number of hydrogen-bond donors (Lipinski definition) is 1. The molecular formula is C8H11NO5. The van der Waals surface area contributed by atoms with Crippen LogP contribution in [0, 0.1) is 0 Å². The zero-order valence-electron chi connectivity index (χ0n) is 7.94. The highest BCUT2D eigenvalue weighted by molar-refractivity contribution is 6.01. The van der Waals surface area contributed by atoms with Crippen molar-refractivity contribution >= 4 is 18.0 Å². The van der Waals surface area contributed by atoms with E-state index in [1.165, 1.54) is 6.92 Å². The Hall–Kier alpha value is -1.59. The van der Waals surface area contributed by atoms with Gasteiger partial charge in [0.15, 0.2) is 0 Å². The van der Waals surface area contributed by atoms with Gasteiger partial charge in [-0.2, -0.15) is 0 Å². The molecule has 0 saturated carbocycles. The number of carbonyl (C=O) groups excluding carboxylic acids is 2. The number of likely N-dealkylation sites (tertiary alicyclic amines) is 1. The maximum atomic E-state index is 11.3. The van der Waals surface area contributed by atoms with Crippen LogP contribution in [0.25, 0.3) is 0 Å². The Balaban J connectivity index is 3.04. The summed E-state index contributed by atoms with van der Waals surface area (Å²) in [4.78, 5) is 33.8. The van der Waals surface area contributed by atoms with Crippen molar-refractivity contribution in [2.24, 2.45) is 0 Å². The van der Waals surface area contributed by atoms with Gasteiger partial charge < -0.3 is 9.84 Å². The quantitative estimate of drug-likeness (QED) is 0.613. The second-order valence-electron chi connectivity index (χ2n) is 3.28. The Kier molecular flexibility index (Phi) is 2.46. The maximum Gasteiger partial charge on any atom is 0.415 e. The summed E-state index contributed by atoms with van der Waals surface area (Å²) >= 11 is 0. The molecule has 14 heavy (non-hydrogen) atoms. The Morgan fingerprint density at radius 2 is 2.14 bits per heavy atom. The van der Waals surface area contributed by atoms with Gasteiger partial charge in [0, 0.05) is 6.42 Å². The molecule has 1 rings (SSSR count). The fourth-order valence-electron chi connectivity index (χ4n) is 1.58. The highest BCUT2D eigenvalue weighted by Crippen LogP contribution is 2.31. The highest BCUT2D eigenvalue weighted by Gasteiger charge is 2.51. The van der Waals surface area contributed by atoms with Gasteiger partial charge >= 0.3 is 12.1 Å². The van der Waals surface area contributed by atoms with Gasteiger partial charge in [0.25, 0.3) is 0 Å². The lowest BCUT2D eigenvalue weighted by atomic mass is 10.00. The van der Waals surface area contributed by atoms with Gasteiger partial charge in [-0.1, -0.05) is 0 Å². The topological polar surface area (TPSA) is 83.9 Å². The van der Waals surface area contributed by atoms with Crippen molar-refractivity contribution < 1.29 is 24.2 Å². The van der Waals surface area contributed by atoms with E-state index in [1.54, 1.807) is 0 Å². The van der Waals surface area contributed by atoms with Gasteiger partial charge in [0.2, 0.25) is 5.91 Å². The summed E-state index contributed by atoms with van der Waals surface area (Å²) in [7, 11) is 1.16. The Morgan fingerprint density at radius 1 is 1.57 bits per heavy atom. The lowest BCUT2D eigenvalue weighted by molar-refractivity contribution is -0.154. The fourth-order valence-corrected chi connectivity index (χ4v) is 1.58. The van der Waals surface area contributed by atoms with Crippen LogP contribution in [0.3, 0.4) is 0 Å². The molecule has 6 heteroatoms. The zero-order chi connectivity index (χ0) is 10.9. The lowest BCUT2D eigenvalue weighted by Gasteiger charge is -2.28. The molecule has 0 radical (unpaired) electrons. The van der Waals surface area contributed by atoms with Crippen LogP contribution in [0.5, 0.6) is 0 Å². The van der Waals surface area contributed by atoms with Crippen molar-refractivity contribution in [2.45, 2.75) is 25.3 Å². The van der Waals surface area contributed by atoms with E-state index in [0.29, 0.717) is 4.90 Å². The minimum absolute atomic E-state index is 0.0535. The Bertz CT molecular complexity index is 300. The number of imide groups is 1. The second-order valence-corrected chi connectivity index (χ2v) is 3.28. The molecule has 1 atom stereocenters. The average molecular weight is 201 g/mol. The molecule has 1 fully saturated rings. The first-order valence-corrected chi connectivity index (χ1v) is 4.08. The molecule has 1 unspecified atom stereocenters. The predicted octanol–water partition coefficient (Wildman–Crippen LogP) is 0.219. The minimum Gasteiger partial charge on any atom is -0.467 e. The van der Waals surface area contributed by atoms with Crippen LogP contribution in [0.4, 0.5) is 4.79 Å². The summed E-state index contributed by atoms with van der Waals surface area (Å²) in [5, 5.41) is 8.76. The van der Waals surface area contributed by atoms with Gasteiger partial charge in [0.05, 0.1) is 7.11 Å². The van der Waals surface area contributed by atoms with Crippen LogP contribution in [0.1, 0.15) is 19.8 Å². The first kappa shape index (κ1) is 10.5. The second kappa shape index (κ2) is 3.28. The third-order valence-electron chi connectivity index (χ3n) is 2.39. The summed E-state index contributed by atoms with van der Waals surface area (Å²) in [6.07, 6.45) is -1.19. The molecule has 2 amide bonds. The van der Waals surface area contributed by atoms with E-state index in [9.17, 15) is 14.4 Å². The van der Waals surface area contributed by atoms with E-state index in [1.807, 2.05) is 0 Å². The lowest BCUT2D eigenvalue weighted by Crippen LogP contribution is -2.52. The zero-order valence-corrected chi connectivity index (χ0v) is 7.94. The molecule has 0 bridgehead atoms. The molecule has 78 valence electrons. The number of nitrogens with zero attached hydrogens (tertiary/aromatic N) is 1. The summed E-state index contributed by atoms with van der Waals surface area (Å²) < 4.78 is 4.47. The van der Waals surface area contributed by atoms with Gasteiger partial charge in [-0.3, -0.25) is 4.79 Å². The largest absolute Gasteiger partial charge is 0.467 e. The minimum atomic E-state index is -1.42. The predicted molar refractivity (Wildman–Crippen MR) is 44.5 cm³/mol. The maximum absolute atomic E-state index is 11.3. The number of esters is 1. The van der Waals surface area contributed by atoms with E-state index in [2.05, 4.69) is 4.74 Å². The molecule has 0 aromatic rings. The average Bonchev–Trinajstić information content (AvgIpc) is 2.42. The summed E-state index contributed by atoms with van der Waals surface area (Å²) in [6, 6.07) is 0. The molecule has 1 heterocycles. The van der Waals surface area contributed by atoms with Gasteiger partial charge in [-0.05, 0) is 13.3 Å². The molecule has 6 nitrogen and oxygen atoms in total. The molecule has 0 aromatic carbocycles. The third-order valence-corrected chi connectivity index (χ3v) is 2.39. The summed E-state index contributed by atoms with van der Waals surface area (Å²) in [6.45, 7) is 1.39. The van der Waals surface area contributed by atoms with E-state index in [0.717, 1.165) is 7.11 Å². The third kappa shape index (κ3) is 1.32. The Labute approximate surface area is 80.4 Å². The van der Waals surface area contributed by atoms with Crippen LogP contribution in [0.2, 0.25) is 0 Å². The highest BCUT2D eigenvalue weighted by atomic mass is 16.5. The van der Waals surface area contributed by atoms with Gasteiger partial charge in [-0.15, -0.1) is 0 Å². The first-order chi connectivity index (χ1) is 6.43. The van der Waals surface area contributed by atoms with Crippen LogP contribution in [-0.2, 0) is 14.3 Å². The molecule has 0 spiro atoms. The smallest absolute Gasteiger partial charge is 0.415 e. The van der Waals surface area contributed by atoms with Crippen molar-refractivity contribution in [1.82, 2.24) is 4.90 Å². The molecular weight excluding hydrogens is 190 g/mol. The molecule has 0 aliphatic carbocycles. The van der Waals surface area contributed by atoms with Crippen LogP contribution >= 0.6 is 0 Å². The van der Waals surface area contributed by atoms with Crippen molar-refractivity contribution in [1.29, 1.82) is 0 Å². The number of carboxylic acid groups (broad SMARTS) is 1. The molecule has 1 saturated heterocycles. The van der Waals surface area contributed by atoms with E-state index in [-0.39, 0.29) is 12.8 Å². The van der Waals surface area contributed by atoms with Crippen molar-refractivity contribution in [3.05, 3.63) is 0 Å². The molecule has 1 aliphatic heterocycles. The Morgan fingerprint density at radius 3 is 2.57 bits per heavy atom. The van der Waals surface area contributed by atoms with Crippen molar-refractivity contribution in [3.8, 4) is 0 Å². The van der Waals surface area contributed by atoms with Crippen LogP contribution < -0.4 is 0 Å². The summed E-state index contributed by atoms with van der Waals surface area (Å²) in [5.74, 6) is -1.27. The number of rotatable bonds is 1. The number of carbonyl (C=O) groups is 3. The SMILES string of the molecule is COC(=O)C1(C)CCC(=O)N1C(=O)O. The van der Waals surface area contributed by atoms with E-state index < -0.39 is 23.5 Å². The molecule has 1 aliphatic rings. The van der Waals surface area contributed by atoms with Crippen LogP contribution in [-0.4, -0.2) is 40.6 Å². The molecule has 1 N–H and O–H groups in total. The van der Waals surface area contributed by atoms with Crippen molar-refractivity contribution in [2.75, 3.05) is 7.11 Å². The number of ether oxygens (including phenoxy) is 1. The molecule has 0 aromatic heterocycles. The van der Waals surface area contributed by atoms with Gasteiger partial charge in [0.1, 0.15) is 5.54 Å². The standard InChI is InChI=1S/C8H11NO5/c1-8(6(11)14-2)4-3-5(10)9(8)7(12)13/h3-4H2,1-2H3,(H,12,13). The van der Waals surface area contributed by atoms with Crippen molar-refractivity contribution in [3.63, 3.8) is 0 Å². The number of amides is 2.